The second kappa shape index (κ2) is 8.10. The number of nitrogens with two attached hydrogens (primary N) is 1. The fourth-order valence-electron chi connectivity index (χ4n) is 5.21. The Morgan fingerprint density at radius 3 is 2.81 bits per heavy atom. The molecular weight excluding hydrogens is 404 g/mol. The summed E-state index contributed by atoms with van der Waals surface area (Å²) < 4.78 is 13.5. The van der Waals surface area contributed by atoms with Gasteiger partial charge in [-0.05, 0) is 49.1 Å². The minimum Gasteiger partial charge on any atom is -0.449 e. The molecule has 7 heteroatoms. The molecule has 1 saturated heterocycles. The standard InChI is InChI=1S/C25H28N4O3/c1-17-5-8-27-23-20(15-29(24(17)23)11-12-31-2)28-9-6-25(7-10-28)19-13-18(14-26)3-4-21(19)32-22(25)16-30/h3-5,8,13,15H,6-7,9-12,14,26H2,1-2H3. The van der Waals surface area contributed by atoms with Crippen LogP contribution in [0.1, 0.15) is 29.5 Å². The van der Waals surface area contributed by atoms with Gasteiger partial charge in [0.05, 0.1) is 23.2 Å². The summed E-state index contributed by atoms with van der Waals surface area (Å²) in [4.78, 5) is 18.9. The lowest BCUT2D eigenvalue weighted by molar-refractivity contribution is 0.188. The van der Waals surface area contributed by atoms with Gasteiger partial charge >= 0.3 is 0 Å². The van der Waals surface area contributed by atoms with E-state index in [0.717, 1.165) is 66.1 Å². The van der Waals surface area contributed by atoms with E-state index in [1.807, 2.05) is 24.4 Å². The van der Waals surface area contributed by atoms with Crippen LogP contribution in [0.15, 0.2) is 42.4 Å². The van der Waals surface area contributed by atoms with E-state index in [9.17, 15) is 4.79 Å². The Morgan fingerprint density at radius 2 is 2.09 bits per heavy atom. The number of pyridine rings is 1. The number of hydrogen-bond donors (Lipinski definition) is 1. The molecule has 1 spiro atoms. The molecule has 1 aromatic carbocycles. The topological polar surface area (TPSA) is 82.6 Å². The van der Waals surface area contributed by atoms with Crippen molar-refractivity contribution in [3.05, 3.63) is 59.1 Å². The van der Waals surface area contributed by atoms with Crippen molar-refractivity contribution in [3.63, 3.8) is 0 Å². The summed E-state index contributed by atoms with van der Waals surface area (Å²) in [6.07, 6.45) is 5.60. The van der Waals surface area contributed by atoms with Gasteiger partial charge in [-0.3, -0.25) is 4.98 Å². The maximum atomic E-state index is 11.8. The van der Waals surface area contributed by atoms with Gasteiger partial charge in [0.1, 0.15) is 11.3 Å². The Balaban J connectivity index is 1.49. The maximum absolute atomic E-state index is 11.8. The lowest BCUT2D eigenvalue weighted by atomic mass is 9.72. The van der Waals surface area contributed by atoms with Crippen LogP contribution in [0.3, 0.4) is 0 Å². The maximum Gasteiger partial charge on any atom is 0.198 e. The predicted octanol–water partition coefficient (Wildman–Crippen LogP) is 3.10. The molecule has 0 bridgehead atoms. The van der Waals surface area contributed by atoms with Crippen molar-refractivity contribution >= 4 is 22.7 Å². The average Bonchev–Trinajstić information content (AvgIpc) is 3.34. The molecule has 2 aromatic heterocycles. The highest BCUT2D eigenvalue weighted by atomic mass is 16.5. The number of ether oxygens (including phenoxy) is 2. The molecule has 32 heavy (non-hydrogen) atoms. The number of rotatable bonds is 5. The SMILES string of the molecule is COCCn1cc(N2CCC3(CC2)C(=C=O)Oc2ccc(CN)cc23)c2nccc(C)c21. The summed E-state index contributed by atoms with van der Waals surface area (Å²) in [5, 5.41) is 0. The van der Waals surface area contributed by atoms with E-state index in [2.05, 4.69) is 34.6 Å². The first-order valence-corrected chi connectivity index (χ1v) is 11.1. The van der Waals surface area contributed by atoms with Crippen molar-refractivity contribution in [1.82, 2.24) is 9.55 Å². The molecule has 1 fully saturated rings. The number of aromatic nitrogens is 2. The Morgan fingerprint density at radius 1 is 1.28 bits per heavy atom. The van der Waals surface area contributed by atoms with Gasteiger partial charge in [0.25, 0.3) is 0 Å². The second-order valence-electron chi connectivity index (χ2n) is 8.66. The van der Waals surface area contributed by atoms with Gasteiger partial charge in [0, 0.05) is 51.2 Å². The molecule has 2 aliphatic rings. The van der Waals surface area contributed by atoms with E-state index >= 15 is 0 Å². The van der Waals surface area contributed by atoms with Gasteiger partial charge in [0.2, 0.25) is 0 Å². The third-order valence-electron chi connectivity index (χ3n) is 6.96. The van der Waals surface area contributed by atoms with Gasteiger partial charge in [-0.15, -0.1) is 0 Å². The zero-order valence-electron chi connectivity index (χ0n) is 18.6. The van der Waals surface area contributed by atoms with Crippen molar-refractivity contribution in [1.29, 1.82) is 0 Å². The minimum absolute atomic E-state index is 0.401. The van der Waals surface area contributed by atoms with E-state index in [0.29, 0.717) is 18.9 Å². The van der Waals surface area contributed by atoms with Crippen molar-refractivity contribution in [2.24, 2.45) is 5.73 Å². The third-order valence-corrected chi connectivity index (χ3v) is 6.96. The number of hydrogen-bond acceptors (Lipinski definition) is 6. The van der Waals surface area contributed by atoms with Gasteiger partial charge in [-0.25, -0.2) is 4.79 Å². The number of methoxy groups -OCH3 is 1. The Kier molecular flexibility index (Phi) is 5.25. The highest BCUT2D eigenvalue weighted by Gasteiger charge is 2.48. The van der Waals surface area contributed by atoms with E-state index in [1.54, 1.807) is 7.11 Å². The molecule has 5 rings (SSSR count). The van der Waals surface area contributed by atoms with Crippen LogP contribution in [-0.4, -0.2) is 42.3 Å². The fourth-order valence-corrected chi connectivity index (χ4v) is 5.21. The van der Waals surface area contributed by atoms with Crippen LogP contribution in [0.4, 0.5) is 5.69 Å². The van der Waals surface area contributed by atoms with E-state index < -0.39 is 5.41 Å². The average molecular weight is 433 g/mol. The van der Waals surface area contributed by atoms with Gasteiger partial charge in [0.15, 0.2) is 11.7 Å². The number of piperidine rings is 1. The molecule has 0 aliphatic carbocycles. The number of anilines is 1. The molecule has 2 aliphatic heterocycles. The van der Waals surface area contributed by atoms with E-state index in [-0.39, 0.29) is 0 Å². The highest BCUT2D eigenvalue weighted by molar-refractivity contribution is 5.92. The van der Waals surface area contributed by atoms with Crippen LogP contribution in [0, 0.1) is 6.92 Å². The molecule has 4 heterocycles. The lowest BCUT2D eigenvalue weighted by Crippen LogP contribution is -2.43. The Bertz CT molecular complexity index is 1220. The first kappa shape index (κ1) is 20.8. The first-order valence-electron chi connectivity index (χ1n) is 11.1. The molecule has 3 aromatic rings. The van der Waals surface area contributed by atoms with Crippen molar-refractivity contribution in [3.8, 4) is 5.75 Å². The molecule has 0 unspecified atom stereocenters. The number of nitrogens with zero attached hydrogens (tertiary/aromatic N) is 3. The summed E-state index contributed by atoms with van der Waals surface area (Å²) in [6.45, 7) is 5.58. The molecule has 7 nitrogen and oxygen atoms in total. The van der Waals surface area contributed by atoms with Gasteiger partial charge in [-0.2, -0.15) is 0 Å². The Hall–Kier alpha value is -3.12. The lowest BCUT2D eigenvalue weighted by Gasteiger charge is -2.39. The summed E-state index contributed by atoms with van der Waals surface area (Å²) in [7, 11) is 1.72. The Labute approximate surface area is 187 Å². The predicted molar refractivity (Wildman–Crippen MR) is 124 cm³/mol. The van der Waals surface area contributed by atoms with Crippen LogP contribution >= 0.6 is 0 Å². The summed E-state index contributed by atoms with van der Waals surface area (Å²) in [5.41, 5.74) is 12.0. The molecule has 166 valence electrons. The number of benzene rings is 1. The zero-order valence-corrected chi connectivity index (χ0v) is 18.6. The largest absolute Gasteiger partial charge is 0.449 e. The molecule has 2 N–H and O–H groups in total. The second-order valence-corrected chi connectivity index (χ2v) is 8.66. The molecule has 0 atom stereocenters. The summed E-state index contributed by atoms with van der Waals surface area (Å²) in [6, 6.07) is 8.02. The third kappa shape index (κ3) is 3.13. The van der Waals surface area contributed by atoms with Crippen LogP contribution in [0.5, 0.6) is 5.75 Å². The molecule has 0 amide bonds. The van der Waals surface area contributed by atoms with Crippen LogP contribution in [0.2, 0.25) is 0 Å². The number of carbonyl (C=O) groups excluding carboxylic acids is 1. The molecule has 0 saturated carbocycles. The number of allylic oxidation sites excluding steroid dienone is 1. The quantitative estimate of drug-likeness (QED) is 0.624. The van der Waals surface area contributed by atoms with Crippen LogP contribution < -0.4 is 15.4 Å². The van der Waals surface area contributed by atoms with Crippen molar-refractivity contribution in [2.75, 3.05) is 31.7 Å². The normalized spacial score (nSPS) is 17.0. The zero-order chi connectivity index (χ0) is 22.3. The smallest absolute Gasteiger partial charge is 0.198 e. The van der Waals surface area contributed by atoms with Gasteiger partial charge < -0.3 is 24.7 Å². The van der Waals surface area contributed by atoms with E-state index in [4.69, 9.17) is 20.2 Å². The number of fused-ring (bicyclic) bond motifs is 3. The fraction of sp³-hybridized carbons (Fsp3) is 0.400. The van der Waals surface area contributed by atoms with Gasteiger partial charge in [-0.1, -0.05) is 6.07 Å². The molecular formula is C25H28N4O3. The van der Waals surface area contributed by atoms with E-state index in [1.165, 1.54) is 5.56 Å². The summed E-state index contributed by atoms with van der Waals surface area (Å²) >= 11 is 0. The monoisotopic (exact) mass is 432 g/mol. The summed E-state index contributed by atoms with van der Waals surface area (Å²) in [5.74, 6) is 3.25. The molecule has 0 radical (unpaired) electrons. The first-order chi connectivity index (χ1) is 15.6. The van der Waals surface area contributed by atoms with Crippen LogP contribution in [-0.2, 0) is 28.0 Å². The van der Waals surface area contributed by atoms with Crippen LogP contribution in [0.25, 0.3) is 11.0 Å². The van der Waals surface area contributed by atoms with Crippen molar-refractivity contribution in [2.45, 2.75) is 38.3 Å². The number of aryl methyl sites for hydroxylation is 1. The van der Waals surface area contributed by atoms with Crippen molar-refractivity contribution < 1.29 is 14.3 Å². The highest BCUT2D eigenvalue weighted by Crippen LogP contribution is 2.51. The minimum atomic E-state index is -0.434.